The molecule has 6 rings (SSSR count). The fourth-order valence-electron chi connectivity index (χ4n) is 8.22. The minimum atomic E-state index is -1.32. The first kappa shape index (κ1) is 23.5. The molecular weight excluding hydrogens is 456 g/mol. The van der Waals surface area contributed by atoms with Crippen molar-refractivity contribution in [2.24, 2.45) is 11.3 Å². The first-order valence-electron chi connectivity index (χ1n) is 12.3. The van der Waals surface area contributed by atoms with Crippen molar-refractivity contribution in [3.63, 3.8) is 0 Å². The lowest BCUT2D eigenvalue weighted by atomic mass is 9.45. The van der Waals surface area contributed by atoms with Gasteiger partial charge in [-0.1, -0.05) is 6.92 Å². The van der Waals surface area contributed by atoms with E-state index in [-0.39, 0.29) is 31.5 Å². The summed E-state index contributed by atoms with van der Waals surface area (Å²) in [5.74, 6) is -0.667. The number of fused-ring (bicyclic) bond motifs is 5. The van der Waals surface area contributed by atoms with Gasteiger partial charge in [0.15, 0.2) is 0 Å². The third-order valence-electron chi connectivity index (χ3n) is 9.84. The van der Waals surface area contributed by atoms with Crippen molar-refractivity contribution in [1.29, 1.82) is 0 Å². The Balaban J connectivity index is 1.56. The van der Waals surface area contributed by atoms with E-state index < -0.39 is 34.3 Å². The molecule has 4 heterocycles. The highest BCUT2D eigenvalue weighted by molar-refractivity contribution is 5.98. The van der Waals surface area contributed by atoms with Gasteiger partial charge in [-0.05, 0) is 39.2 Å². The molecular formula is C26H34O9. The van der Waals surface area contributed by atoms with Crippen molar-refractivity contribution >= 4 is 5.97 Å². The molecule has 0 radical (unpaired) electrons. The molecule has 3 fully saturated rings. The molecule has 35 heavy (non-hydrogen) atoms. The SMILES string of the molecule is COc1c2c(c(C)c3c1C(=O)OC3)O[C@]1(C)C[C@H](O)[C@@]34O[C@@](OC)(CC[C@]3(C)[C@@H]1C2)O[C@@]4(C)CO. The van der Waals surface area contributed by atoms with Crippen LogP contribution in [-0.2, 0) is 32.0 Å². The molecule has 0 amide bonds. The number of benzene rings is 1. The molecule has 0 unspecified atom stereocenters. The third kappa shape index (κ3) is 2.49. The number of cyclic esters (lactones) is 1. The van der Waals surface area contributed by atoms with Gasteiger partial charge in [0.05, 0.1) is 19.8 Å². The quantitative estimate of drug-likeness (QED) is 0.617. The maximum absolute atomic E-state index is 12.6. The molecule has 9 nitrogen and oxygen atoms in total. The van der Waals surface area contributed by atoms with E-state index >= 15 is 0 Å². The molecule has 1 aliphatic carbocycles. The normalized spacial score (nSPS) is 45.1. The van der Waals surface area contributed by atoms with Gasteiger partial charge in [0, 0.05) is 42.4 Å². The minimum absolute atomic E-state index is 0.142. The summed E-state index contributed by atoms with van der Waals surface area (Å²) in [6.07, 6.45) is 0.911. The highest BCUT2D eigenvalue weighted by atomic mass is 16.9. The Bertz CT molecular complexity index is 1130. The monoisotopic (exact) mass is 490 g/mol. The zero-order valence-electron chi connectivity index (χ0n) is 21.1. The minimum Gasteiger partial charge on any atom is -0.495 e. The standard InChI is InChI=1S/C26H34O9/c1-13-15-11-32-21(29)18(15)20(30-5)14-9-16-22(2)7-8-25(31-6)34-24(4,12-27)26(22,35-25)17(28)10-23(16,3)33-19(13)14/h16-17,27-28H,7-12H2,1-6H3/t16-,17-,22+,23+,24-,25+,26+/m0/s1. The molecule has 1 spiro atoms. The average Bonchev–Trinajstić information content (AvgIpc) is 3.32. The van der Waals surface area contributed by atoms with E-state index in [2.05, 4.69) is 6.92 Å². The van der Waals surface area contributed by atoms with Crippen LogP contribution in [0.15, 0.2) is 0 Å². The van der Waals surface area contributed by atoms with Crippen LogP contribution >= 0.6 is 0 Å². The van der Waals surface area contributed by atoms with Crippen LogP contribution in [0.5, 0.6) is 11.5 Å². The Kier molecular flexibility index (Phi) is 4.62. The Morgan fingerprint density at radius 2 is 1.86 bits per heavy atom. The van der Waals surface area contributed by atoms with E-state index in [1.54, 1.807) is 14.0 Å². The number of methoxy groups -OCH3 is 2. The van der Waals surface area contributed by atoms with E-state index in [9.17, 15) is 15.0 Å². The summed E-state index contributed by atoms with van der Waals surface area (Å²) >= 11 is 0. The Morgan fingerprint density at radius 1 is 1.11 bits per heavy atom. The van der Waals surface area contributed by atoms with Gasteiger partial charge in [-0.3, -0.25) is 0 Å². The fraction of sp³-hybridized carbons (Fsp3) is 0.731. The molecule has 7 atom stereocenters. The van der Waals surface area contributed by atoms with E-state index in [0.717, 1.165) is 16.7 Å². The molecule has 2 N–H and O–H groups in total. The van der Waals surface area contributed by atoms with Crippen molar-refractivity contribution in [3.8, 4) is 11.5 Å². The van der Waals surface area contributed by atoms with Crippen LogP contribution in [0.1, 0.15) is 67.1 Å². The number of carbonyl (C=O) groups is 1. The molecule has 9 heteroatoms. The van der Waals surface area contributed by atoms with Crippen molar-refractivity contribution in [1.82, 2.24) is 0 Å². The van der Waals surface area contributed by atoms with Crippen LogP contribution in [0.2, 0.25) is 0 Å². The second-order valence-electron chi connectivity index (χ2n) is 11.4. The lowest BCUT2D eigenvalue weighted by molar-refractivity contribution is -0.392. The van der Waals surface area contributed by atoms with E-state index in [4.69, 9.17) is 28.4 Å². The van der Waals surface area contributed by atoms with Crippen LogP contribution in [0.4, 0.5) is 0 Å². The second kappa shape index (κ2) is 6.89. The number of hydrogen-bond acceptors (Lipinski definition) is 9. The maximum atomic E-state index is 12.6. The maximum Gasteiger partial charge on any atom is 0.342 e. The predicted octanol–water partition coefficient (Wildman–Crippen LogP) is 2.39. The molecule has 2 bridgehead atoms. The number of aliphatic hydroxyl groups is 2. The predicted molar refractivity (Wildman–Crippen MR) is 121 cm³/mol. The zero-order valence-corrected chi connectivity index (χ0v) is 21.1. The third-order valence-corrected chi connectivity index (χ3v) is 9.84. The van der Waals surface area contributed by atoms with Crippen LogP contribution in [-0.4, -0.2) is 65.9 Å². The topological polar surface area (TPSA) is 113 Å². The summed E-state index contributed by atoms with van der Waals surface area (Å²) < 4.78 is 36.5. The van der Waals surface area contributed by atoms with Crippen molar-refractivity contribution in [3.05, 3.63) is 22.3 Å². The molecule has 1 aromatic rings. The highest BCUT2D eigenvalue weighted by Gasteiger charge is 2.81. The molecule has 1 aromatic carbocycles. The number of aliphatic hydroxyl groups excluding tert-OH is 2. The number of hydrogen-bond donors (Lipinski definition) is 2. The molecule has 0 aromatic heterocycles. The number of esters is 1. The van der Waals surface area contributed by atoms with Gasteiger partial charge in [-0.25, -0.2) is 4.79 Å². The summed E-state index contributed by atoms with van der Waals surface area (Å²) in [5, 5.41) is 22.3. The molecule has 5 aliphatic rings. The van der Waals surface area contributed by atoms with Gasteiger partial charge in [-0.15, -0.1) is 0 Å². The van der Waals surface area contributed by atoms with E-state index in [1.165, 1.54) is 7.11 Å². The number of carbonyl (C=O) groups excluding carboxylic acids is 1. The molecule has 1 saturated carbocycles. The van der Waals surface area contributed by atoms with E-state index in [0.29, 0.717) is 36.3 Å². The summed E-state index contributed by atoms with van der Waals surface area (Å²) in [7, 11) is 3.08. The zero-order chi connectivity index (χ0) is 25.2. The van der Waals surface area contributed by atoms with E-state index in [1.807, 2.05) is 13.8 Å². The summed E-state index contributed by atoms with van der Waals surface area (Å²) in [6.45, 7) is 7.70. The summed E-state index contributed by atoms with van der Waals surface area (Å²) in [4.78, 5) is 12.6. The number of ether oxygens (including phenoxy) is 6. The second-order valence-corrected chi connectivity index (χ2v) is 11.4. The van der Waals surface area contributed by atoms with Crippen LogP contribution in [0.25, 0.3) is 0 Å². The lowest BCUT2D eigenvalue weighted by Gasteiger charge is -2.66. The van der Waals surface area contributed by atoms with Gasteiger partial charge in [0.2, 0.25) is 0 Å². The fourth-order valence-corrected chi connectivity index (χ4v) is 8.22. The van der Waals surface area contributed by atoms with Crippen LogP contribution in [0, 0.1) is 18.3 Å². The summed E-state index contributed by atoms with van der Waals surface area (Å²) in [6, 6.07) is 0. The van der Waals surface area contributed by atoms with Gasteiger partial charge in [-0.2, -0.15) is 0 Å². The first-order chi connectivity index (χ1) is 16.4. The van der Waals surface area contributed by atoms with Gasteiger partial charge < -0.3 is 38.6 Å². The van der Waals surface area contributed by atoms with Crippen LogP contribution < -0.4 is 9.47 Å². The summed E-state index contributed by atoms with van der Waals surface area (Å²) in [5.41, 5.74) is -0.872. The lowest BCUT2D eigenvalue weighted by Crippen LogP contribution is -2.78. The van der Waals surface area contributed by atoms with Crippen molar-refractivity contribution in [2.75, 3.05) is 20.8 Å². The average molecular weight is 491 g/mol. The highest BCUT2D eigenvalue weighted by Crippen LogP contribution is 2.71. The number of rotatable bonds is 3. The van der Waals surface area contributed by atoms with Crippen molar-refractivity contribution < 1.29 is 43.4 Å². The molecule has 2 saturated heterocycles. The Hall–Kier alpha value is -1.91. The van der Waals surface area contributed by atoms with Crippen molar-refractivity contribution in [2.45, 2.75) is 88.9 Å². The molecule has 4 aliphatic heterocycles. The van der Waals surface area contributed by atoms with Crippen LogP contribution in [0.3, 0.4) is 0 Å². The Labute approximate surface area is 204 Å². The first-order valence-corrected chi connectivity index (χ1v) is 12.3. The smallest absolute Gasteiger partial charge is 0.342 e. The van der Waals surface area contributed by atoms with Gasteiger partial charge >= 0.3 is 5.97 Å². The largest absolute Gasteiger partial charge is 0.495 e. The van der Waals surface area contributed by atoms with Gasteiger partial charge in [0.1, 0.15) is 40.5 Å². The van der Waals surface area contributed by atoms with Gasteiger partial charge in [0.25, 0.3) is 5.97 Å². The molecule has 192 valence electrons. The Morgan fingerprint density at radius 3 is 2.51 bits per heavy atom.